The van der Waals surface area contributed by atoms with Crippen molar-refractivity contribution in [1.29, 1.82) is 0 Å². The first-order valence-corrected chi connectivity index (χ1v) is 6.21. The van der Waals surface area contributed by atoms with Gasteiger partial charge in [0.2, 0.25) is 0 Å². The van der Waals surface area contributed by atoms with Crippen LogP contribution in [0.25, 0.3) is 0 Å². The van der Waals surface area contributed by atoms with Crippen molar-refractivity contribution in [2.75, 3.05) is 13.2 Å². The van der Waals surface area contributed by atoms with E-state index >= 15 is 0 Å². The summed E-state index contributed by atoms with van der Waals surface area (Å²) >= 11 is 3.40. The summed E-state index contributed by atoms with van der Waals surface area (Å²) in [7, 11) is 0. The van der Waals surface area contributed by atoms with Gasteiger partial charge in [-0.05, 0) is 42.3 Å². The smallest absolute Gasteiger partial charge is 0.294 e. The second-order valence-electron chi connectivity index (χ2n) is 4.14. The van der Waals surface area contributed by atoms with Gasteiger partial charge < -0.3 is 4.57 Å². The molecule has 1 fully saturated rings. The van der Waals surface area contributed by atoms with Crippen LogP contribution in [0, 0.1) is 0 Å². The molecule has 5 heteroatoms. The van der Waals surface area contributed by atoms with E-state index in [2.05, 4.69) is 15.9 Å². The highest BCUT2D eigenvalue weighted by Crippen LogP contribution is 2.21. The summed E-state index contributed by atoms with van der Waals surface area (Å²) in [4.78, 5) is 17.4. The van der Waals surface area contributed by atoms with E-state index in [1.165, 1.54) is 5.06 Å². The molecule has 2 rings (SSSR count). The summed E-state index contributed by atoms with van der Waals surface area (Å²) in [6, 6.07) is 2.09. The summed E-state index contributed by atoms with van der Waals surface area (Å²) in [5.41, 5.74) is 0.670. The third-order valence-corrected chi connectivity index (χ3v) is 3.00. The van der Waals surface area contributed by atoms with Crippen LogP contribution in [0.5, 0.6) is 0 Å². The number of carbonyl (C=O) groups excluding carboxylic acids is 1. The van der Waals surface area contributed by atoms with Crippen LogP contribution >= 0.6 is 15.9 Å². The second kappa shape index (κ2) is 4.59. The number of aromatic nitrogens is 1. The minimum Gasteiger partial charge on any atom is -0.340 e. The maximum Gasteiger partial charge on any atom is 0.294 e. The Hall–Kier alpha value is -0.810. The van der Waals surface area contributed by atoms with Gasteiger partial charge in [-0.2, -0.15) is 0 Å². The van der Waals surface area contributed by atoms with E-state index in [0.29, 0.717) is 18.8 Å². The number of hydrogen-bond donors (Lipinski definition) is 0. The molecule has 0 unspecified atom stereocenters. The van der Waals surface area contributed by atoms with Crippen LogP contribution in [0.1, 0.15) is 36.8 Å². The lowest BCUT2D eigenvalue weighted by molar-refractivity contribution is -0.0774. The maximum absolute atomic E-state index is 12.1. The van der Waals surface area contributed by atoms with Gasteiger partial charge in [-0.25, -0.2) is 5.06 Å². The van der Waals surface area contributed by atoms with E-state index in [1.807, 2.05) is 30.7 Å². The number of hydrogen-bond acceptors (Lipinski definition) is 2. The summed E-state index contributed by atoms with van der Waals surface area (Å²) in [5, 5.41) is 1.45. The monoisotopic (exact) mass is 286 g/mol. The Kier molecular flexibility index (Phi) is 3.35. The number of rotatable bonds is 2. The largest absolute Gasteiger partial charge is 0.340 e. The van der Waals surface area contributed by atoms with Gasteiger partial charge in [-0.3, -0.25) is 9.63 Å². The van der Waals surface area contributed by atoms with E-state index in [0.717, 1.165) is 10.9 Å². The van der Waals surface area contributed by atoms with Gasteiger partial charge in [0, 0.05) is 16.7 Å². The summed E-state index contributed by atoms with van der Waals surface area (Å²) < 4.78 is 2.87. The van der Waals surface area contributed by atoms with Crippen molar-refractivity contribution in [2.24, 2.45) is 0 Å². The first-order valence-electron chi connectivity index (χ1n) is 5.41. The van der Waals surface area contributed by atoms with Gasteiger partial charge in [-0.1, -0.05) is 0 Å². The third-order valence-electron chi connectivity index (χ3n) is 2.57. The molecule has 0 spiro atoms. The van der Waals surface area contributed by atoms with E-state index in [-0.39, 0.29) is 11.9 Å². The summed E-state index contributed by atoms with van der Waals surface area (Å²) in [5.74, 6) is -0.0584. The Bertz CT molecular complexity index is 395. The highest BCUT2D eigenvalue weighted by molar-refractivity contribution is 9.10. The predicted molar refractivity (Wildman–Crippen MR) is 64.1 cm³/mol. The highest BCUT2D eigenvalue weighted by atomic mass is 79.9. The minimum atomic E-state index is -0.0584. The molecule has 4 nitrogen and oxygen atoms in total. The molecule has 1 aromatic rings. The average molecular weight is 287 g/mol. The molecular weight excluding hydrogens is 272 g/mol. The fourth-order valence-electron chi connectivity index (χ4n) is 1.78. The van der Waals surface area contributed by atoms with Gasteiger partial charge in [0.1, 0.15) is 5.69 Å². The Balaban J connectivity index is 2.28. The molecule has 0 bridgehead atoms. The number of nitrogens with zero attached hydrogens (tertiary/aromatic N) is 2. The second-order valence-corrected chi connectivity index (χ2v) is 5.05. The van der Waals surface area contributed by atoms with Gasteiger partial charge in [0.05, 0.1) is 13.2 Å². The Labute approximate surface area is 103 Å². The standard InChI is InChI=1S/C11H15BrN2O2/c1-8(2)13-7-9(12)6-10(13)11(15)14-4-3-5-16-14/h6-8H,3-5H2,1-2H3. The van der Waals surface area contributed by atoms with Crippen LogP contribution in [0.4, 0.5) is 0 Å². The molecule has 88 valence electrons. The van der Waals surface area contributed by atoms with Crippen molar-refractivity contribution >= 4 is 21.8 Å². The Morgan fingerprint density at radius 3 is 2.88 bits per heavy atom. The topological polar surface area (TPSA) is 34.5 Å². The summed E-state index contributed by atoms with van der Waals surface area (Å²) in [6.45, 7) is 5.41. The molecular formula is C11H15BrN2O2. The molecule has 0 N–H and O–H groups in total. The van der Waals surface area contributed by atoms with Crippen LogP contribution in [0.15, 0.2) is 16.7 Å². The number of halogens is 1. The van der Waals surface area contributed by atoms with Gasteiger partial charge >= 0.3 is 0 Å². The van der Waals surface area contributed by atoms with E-state index < -0.39 is 0 Å². The minimum absolute atomic E-state index is 0.0584. The molecule has 0 aliphatic carbocycles. The van der Waals surface area contributed by atoms with Gasteiger partial charge in [0.15, 0.2) is 0 Å². The lowest BCUT2D eigenvalue weighted by Gasteiger charge is -2.17. The Morgan fingerprint density at radius 1 is 1.56 bits per heavy atom. The maximum atomic E-state index is 12.1. The third kappa shape index (κ3) is 2.15. The van der Waals surface area contributed by atoms with Crippen molar-refractivity contribution in [1.82, 2.24) is 9.63 Å². The molecule has 1 aliphatic heterocycles. The zero-order valence-electron chi connectivity index (χ0n) is 9.44. The number of carbonyl (C=O) groups is 1. The van der Waals surface area contributed by atoms with Crippen LogP contribution in [0.3, 0.4) is 0 Å². The molecule has 1 aliphatic rings. The summed E-state index contributed by atoms with van der Waals surface area (Å²) in [6.07, 6.45) is 2.84. The Morgan fingerprint density at radius 2 is 2.31 bits per heavy atom. The van der Waals surface area contributed by atoms with E-state index in [4.69, 9.17) is 4.84 Å². The number of hydroxylamine groups is 2. The van der Waals surface area contributed by atoms with Crippen molar-refractivity contribution in [3.63, 3.8) is 0 Å². The average Bonchev–Trinajstić information content (AvgIpc) is 2.84. The first kappa shape index (κ1) is 11.7. The van der Waals surface area contributed by atoms with Crippen molar-refractivity contribution in [3.8, 4) is 0 Å². The first-order chi connectivity index (χ1) is 7.59. The van der Waals surface area contributed by atoms with E-state index in [1.54, 1.807) is 0 Å². The quantitative estimate of drug-likeness (QED) is 0.838. The lowest BCUT2D eigenvalue weighted by Crippen LogP contribution is -2.28. The molecule has 1 amide bonds. The molecule has 16 heavy (non-hydrogen) atoms. The lowest BCUT2D eigenvalue weighted by atomic mass is 10.3. The van der Waals surface area contributed by atoms with Gasteiger partial charge in [-0.15, -0.1) is 0 Å². The fourth-order valence-corrected chi connectivity index (χ4v) is 2.22. The van der Waals surface area contributed by atoms with Crippen LogP contribution < -0.4 is 0 Å². The van der Waals surface area contributed by atoms with Gasteiger partial charge in [0.25, 0.3) is 5.91 Å². The molecule has 0 atom stereocenters. The van der Waals surface area contributed by atoms with Crippen molar-refractivity contribution in [2.45, 2.75) is 26.3 Å². The predicted octanol–water partition coefficient (Wildman–Crippen LogP) is 2.61. The fraction of sp³-hybridized carbons (Fsp3) is 0.545. The van der Waals surface area contributed by atoms with E-state index in [9.17, 15) is 4.79 Å². The zero-order chi connectivity index (χ0) is 11.7. The highest BCUT2D eigenvalue weighted by Gasteiger charge is 2.24. The molecule has 1 saturated heterocycles. The number of amides is 1. The van der Waals surface area contributed by atoms with Crippen LogP contribution in [-0.4, -0.2) is 28.7 Å². The molecule has 0 aromatic carbocycles. The normalized spacial score (nSPS) is 16.1. The van der Waals surface area contributed by atoms with Crippen LogP contribution in [-0.2, 0) is 4.84 Å². The molecule has 0 radical (unpaired) electrons. The van der Waals surface area contributed by atoms with Crippen molar-refractivity contribution < 1.29 is 9.63 Å². The molecule has 1 aromatic heterocycles. The zero-order valence-corrected chi connectivity index (χ0v) is 11.0. The molecule has 0 saturated carbocycles. The van der Waals surface area contributed by atoms with Crippen molar-refractivity contribution in [3.05, 3.63) is 22.4 Å². The van der Waals surface area contributed by atoms with Crippen LogP contribution in [0.2, 0.25) is 0 Å². The molecule has 2 heterocycles. The SMILES string of the molecule is CC(C)n1cc(Br)cc1C(=O)N1CCCO1.